The van der Waals surface area contributed by atoms with Gasteiger partial charge < -0.3 is 15.4 Å². The van der Waals surface area contributed by atoms with E-state index in [4.69, 9.17) is 4.74 Å². The molecular weight excluding hydrogens is 288 g/mol. The van der Waals surface area contributed by atoms with Crippen molar-refractivity contribution in [3.8, 4) is 0 Å². The van der Waals surface area contributed by atoms with Crippen LogP contribution in [0.25, 0.3) is 0 Å². The number of methoxy groups -OCH3 is 1. The number of ether oxygens (including phenoxy) is 1. The third-order valence-corrected chi connectivity index (χ3v) is 6.66. The first-order valence-electron chi connectivity index (χ1n) is 9.70. The van der Waals surface area contributed by atoms with Gasteiger partial charge in [-0.3, -0.25) is 4.79 Å². The van der Waals surface area contributed by atoms with Crippen LogP contribution in [0.1, 0.15) is 57.8 Å². The Balaban J connectivity index is 1.50. The minimum Gasteiger partial charge on any atom is -0.384 e. The maximum Gasteiger partial charge on any atom is 0.223 e. The number of carbonyl (C=O) groups is 1. The summed E-state index contributed by atoms with van der Waals surface area (Å²) in [5.74, 6) is 2.30. The van der Waals surface area contributed by atoms with Gasteiger partial charge in [-0.15, -0.1) is 0 Å². The maximum absolute atomic E-state index is 12.7. The van der Waals surface area contributed by atoms with Gasteiger partial charge in [0.05, 0.1) is 6.61 Å². The van der Waals surface area contributed by atoms with Gasteiger partial charge in [0.1, 0.15) is 0 Å². The van der Waals surface area contributed by atoms with Crippen LogP contribution in [0.5, 0.6) is 0 Å². The number of hydrogen-bond acceptors (Lipinski definition) is 3. The Morgan fingerprint density at radius 1 is 1.13 bits per heavy atom. The van der Waals surface area contributed by atoms with Crippen molar-refractivity contribution in [2.75, 3.05) is 33.4 Å². The number of rotatable bonds is 5. The zero-order valence-electron chi connectivity index (χ0n) is 14.7. The molecule has 2 N–H and O–H groups in total. The zero-order valence-corrected chi connectivity index (χ0v) is 14.7. The van der Waals surface area contributed by atoms with E-state index < -0.39 is 0 Å². The van der Waals surface area contributed by atoms with E-state index in [1.165, 1.54) is 32.1 Å². The summed E-state index contributed by atoms with van der Waals surface area (Å²) >= 11 is 0. The van der Waals surface area contributed by atoms with Crippen LogP contribution in [-0.2, 0) is 9.53 Å². The number of fused-ring (bicyclic) bond motifs is 1. The second-order valence-corrected chi connectivity index (χ2v) is 8.22. The molecule has 0 bridgehead atoms. The predicted octanol–water partition coefficient (Wildman–Crippen LogP) is 2.73. The van der Waals surface area contributed by atoms with Gasteiger partial charge in [0.15, 0.2) is 0 Å². The molecule has 0 aromatic carbocycles. The Labute approximate surface area is 141 Å². The van der Waals surface area contributed by atoms with Crippen molar-refractivity contribution >= 4 is 5.91 Å². The quantitative estimate of drug-likeness (QED) is 0.818. The van der Waals surface area contributed by atoms with Gasteiger partial charge in [0.2, 0.25) is 5.91 Å². The highest BCUT2D eigenvalue weighted by Crippen LogP contribution is 2.42. The van der Waals surface area contributed by atoms with E-state index in [-0.39, 0.29) is 11.3 Å². The topological polar surface area (TPSA) is 50.4 Å². The minimum absolute atomic E-state index is 0.137. The van der Waals surface area contributed by atoms with Gasteiger partial charge >= 0.3 is 0 Å². The largest absolute Gasteiger partial charge is 0.384 e. The van der Waals surface area contributed by atoms with Crippen LogP contribution in [0.4, 0.5) is 0 Å². The van der Waals surface area contributed by atoms with Gasteiger partial charge in [-0.25, -0.2) is 0 Å². The molecular formula is C19H34N2O2. The summed E-state index contributed by atoms with van der Waals surface area (Å²) in [5, 5.41) is 6.71. The molecule has 3 unspecified atom stereocenters. The lowest BCUT2D eigenvalue weighted by Gasteiger charge is -2.40. The van der Waals surface area contributed by atoms with E-state index in [1.807, 2.05) is 0 Å². The molecule has 3 aliphatic rings. The third-order valence-electron chi connectivity index (χ3n) is 6.66. The number of nitrogens with one attached hydrogen (secondary N) is 2. The first-order chi connectivity index (χ1) is 11.2. The third kappa shape index (κ3) is 4.27. The summed E-state index contributed by atoms with van der Waals surface area (Å²) in [4.78, 5) is 12.7. The molecule has 2 saturated carbocycles. The van der Waals surface area contributed by atoms with Crippen LogP contribution in [0.3, 0.4) is 0 Å². The van der Waals surface area contributed by atoms with Gasteiger partial charge in [-0.05, 0) is 57.0 Å². The van der Waals surface area contributed by atoms with Crippen molar-refractivity contribution in [2.45, 2.75) is 57.8 Å². The highest BCUT2D eigenvalue weighted by Gasteiger charge is 2.37. The van der Waals surface area contributed by atoms with Crippen molar-refractivity contribution in [3.63, 3.8) is 0 Å². The fourth-order valence-electron chi connectivity index (χ4n) is 5.17. The lowest BCUT2D eigenvalue weighted by atomic mass is 9.67. The highest BCUT2D eigenvalue weighted by atomic mass is 16.5. The SMILES string of the molecule is COCC1(CNC(=O)C2CCC3CCCCC3C2)CCNCC1. The number of carbonyl (C=O) groups excluding carboxylic acids is 1. The fourth-order valence-corrected chi connectivity index (χ4v) is 5.17. The van der Waals surface area contributed by atoms with Gasteiger partial charge in [-0.2, -0.15) is 0 Å². The molecule has 3 rings (SSSR count). The Kier molecular flexibility index (Phi) is 5.97. The van der Waals surface area contributed by atoms with E-state index >= 15 is 0 Å². The van der Waals surface area contributed by atoms with E-state index in [1.54, 1.807) is 7.11 Å². The summed E-state index contributed by atoms with van der Waals surface area (Å²) in [6.45, 7) is 3.61. The average Bonchev–Trinajstić information content (AvgIpc) is 2.60. The second kappa shape index (κ2) is 7.98. The molecule has 3 fully saturated rings. The molecule has 1 heterocycles. The van der Waals surface area contributed by atoms with Crippen molar-refractivity contribution < 1.29 is 9.53 Å². The Bertz CT molecular complexity index is 387. The summed E-state index contributed by atoms with van der Waals surface area (Å²) in [5.41, 5.74) is 0.137. The van der Waals surface area contributed by atoms with Crippen molar-refractivity contribution in [1.82, 2.24) is 10.6 Å². The van der Waals surface area contributed by atoms with Crippen LogP contribution >= 0.6 is 0 Å². The van der Waals surface area contributed by atoms with E-state index in [2.05, 4.69) is 10.6 Å². The lowest BCUT2D eigenvalue weighted by molar-refractivity contribution is -0.128. The predicted molar refractivity (Wildman–Crippen MR) is 92.2 cm³/mol. The van der Waals surface area contributed by atoms with Gasteiger partial charge in [-0.1, -0.05) is 25.7 Å². The van der Waals surface area contributed by atoms with Crippen molar-refractivity contribution in [3.05, 3.63) is 0 Å². The zero-order chi connectivity index (χ0) is 16.1. The molecule has 4 nitrogen and oxygen atoms in total. The fraction of sp³-hybridized carbons (Fsp3) is 0.947. The maximum atomic E-state index is 12.7. The number of amides is 1. The summed E-state index contributed by atoms with van der Waals surface area (Å²) in [6.07, 6.45) is 11.2. The minimum atomic E-state index is 0.137. The molecule has 132 valence electrons. The summed E-state index contributed by atoms with van der Waals surface area (Å²) < 4.78 is 5.45. The summed E-state index contributed by atoms with van der Waals surface area (Å²) in [7, 11) is 1.77. The molecule has 1 aliphatic heterocycles. The first kappa shape index (κ1) is 17.2. The molecule has 4 heteroatoms. The normalized spacial score (nSPS) is 33.7. The number of piperidine rings is 1. The molecule has 23 heavy (non-hydrogen) atoms. The Morgan fingerprint density at radius 3 is 2.61 bits per heavy atom. The van der Waals surface area contributed by atoms with Crippen LogP contribution in [0.2, 0.25) is 0 Å². The number of hydrogen-bond donors (Lipinski definition) is 2. The van der Waals surface area contributed by atoms with Crippen LogP contribution in [0, 0.1) is 23.2 Å². The van der Waals surface area contributed by atoms with Crippen LogP contribution < -0.4 is 10.6 Å². The van der Waals surface area contributed by atoms with E-state index in [0.717, 1.165) is 63.8 Å². The first-order valence-corrected chi connectivity index (χ1v) is 9.70. The smallest absolute Gasteiger partial charge is 0.223 e. The van der Waals surface area contributed by atoms with Gasteiger partial charge in [0.25, 0.3) is 0 Å². The Morgan fingerprint density at radius 2 is 1.87 bits per heavy atom. The summed E-state index contributed by atoms with van der Waals surface area (Å²) in [6, 6.07) is 0. The van der Waals surface area contributed by atoms with Crippen LogP contribution in [0.15, 0.2) is 0 Å². The molecule has 0 aromatic heterocycles. The van der Waals surface area contributed by atoms with E-state index in [0.29, 0.717) is 5.91 Å². The molecule has 1 amide bonds. The monoisotopic (exact) mass is 322 g/mol. The van der Waals surface area contributed by atoms with Gasteiger partial charge in [0, 0.05) is 25.0 Å². The van der Waals surface area contributed by atoms with Crippen molar-refractivity contribution in [1.29, 1.82) is 0 Å². The molecule has 2 aliphatic carbocycles. The standard InChI is InChI=1S/C19H34N2O2/c1-23-14-19(8-10-20-11-9-19)13-21-18(22)17-7-6-15-4-2-3-5-16(15)12-17/h15-17,20H,2-14H2,1H3,(H,21,22). The molecule has 0 aromatic rings. The van der Waals surface area contributed by atoms with E-state index in [9.17, 15) is 4.79 Å². The average molecular weight is 322 g/mol. The lowest BCUT2D eigenvalue weighted by Crippen LogP contribution is -2.48. The molecule has 3 atom stereocenters. The molecule has 0 radical (unpaired) electrons. The second-order valence-electron chi connectivity index (χ2n) is 8.22. The van der Waals surface area contributed by atoms with Crippen LogP contribution in [-0.4, -0.2) is 39.3 Å². The molecule has 1 saturated heterocycles. The highest BCUT2D eigenvalue weighted by molar-refractivity contribution is 5.78. The van der Waals surface area contributed by atoms with Crippen molar-refractivity contribution in [2.24, 2.45) is 23.2 Å². The Hall–Kier alpha value is -0.610. The molecule has 0 spiro atoms.